The van der Waals surface area contributed by atoms with Gasteiger partial charge in [-0.05, 0) is 55.3 Å². The standard InChI is InChI=1S/C19H20N2O3/c1-12-4-5-13(2)16(10-12)20-17-11-18(22)21(19(17)23)14-6-8-15(24-3)9-7-14/h4-10,17,20H,11H2,1-3H3. The van der Waals surface area contributed by atoms with E-state index in [0.29, 0.717) is 11.4 Å². The van der Waals surface area contributed by atoms with E-state index >= 15 is 0 Å². The Morgan fingerprint density at radius 1 is 1.08 bits per heavy atom. The minimum Gasteiger partial charge on any atom is -0.497 e. The first-order valence-electron chi connectivity index (χ1n) is 7.84. The van der Waals surface area contributed by atoms with Crippen molar-refractivity contribution in [1.29, 1.82) is 0 Å². The second kappa shape index (κ2) is 6.35. The van der Waals surface area contributed by atoms with Crippen LogP contribution in [0.3, 0.4) is 0 Å². The normalized spacial score (nSPS) is 17.3. The predicted molar refractivity (Wildman–Crippen MR) is 93.4 cm³/mol. The van der Waals surface area contributed by atoms with Crippen LogP contribution in [0.15, 0.2) is 42.5 Å². The minimum absolute atomic E-state index is 0.151. The number of ether oxygens (including phenoxy) is 1. The number of carbonyl (C=O) groups is 2. The lowest BCUT2D eigenvalue weighted by atomic mass is 10.1. The number of rotatable bonds is 4. The van der Waals surface area contributed by atoms with Crippen LogP contribution in [0.25, 0.3) is 0 Å². The Kier molecular flexibility index (Phi) is 4.25. The van der Waals surface area contributed by atoms with E-state index in [9.17, 15) is 9.59 Å². The summed E-state index contributed by atoms with van der Waals surface area (Å²) in [6, 6.07) is 12.4. The summed E-state index contributed by atoms with van der Waals surface area (Å²) in [6.45, 7) is 3.97. The summed E-state index contributed by atoms with van der Waals surface area (Å²) in [5.74, 6) is 0.252. The topological polar surface area (TPSA) is 58.6 Å². The average molecular weight is 324 g/mol. The van der Waals surface area contributed by atoms with E-state index in [4.69, 9.17) is 4.74 Å². The van der Waals surface area contributed by atoms with Gasteiger partial charge in [0.05, 0.1) is 19.2 Å². The zero-order valence-corrected chi connectivity index (χ0v) is 14.0. The van der Waals surface area contributed by atoms with Gasteiger partial charge in [0.15, 0.2) is 0 Å². The second-order valence-corrected chi connectivity index (χ2v) is 5.98. The van der Waals surface area contributed by atoms with Crippen molar-refractivity contribution in [3.8, 4) is 5.75 Å². The zero-order chi connectivity index (χ0) is 17.3. The van der Waals surface area contributed by atoms with Crippen LogP contribution in [0, 0.1) is 13.8 Å². The van der Waals surface area contributed by atoms with Gasteiger partial charge in [0.25, 0.3) is 5.91 Å². The molecular formula is C19H20N2O3. The van der Waals surface area contributed by atoms with Crippen LogP contribution >= 0.6 is 0 Å². The molecule has 1 fully saturated rings. The van der Waals surface area contributed by atoms with E-state index in [1.54, 1.807) is 31.4 Å². The van der Waals surface area contributed by atoms with Crippen LogP contribution in [-0.4, -0.2) is 25.0 Å². The van der Waals surface area contributed by atoms with Gasteiger partial charge in [0, 0.05) is 5.69 Å². The van der Waals surface area contributed by atoms with Gasteiger partial charge in [-0.3, -0.25) is 9.59 Å². The van der Waals surface area contributed by atoms with Crippen LogP contribution in [0.2, 0.25) is 0 Å². The van der Waals surface area contributed by atoms with Gasteiger partial charge in [-0.15, -0.1) is 0 Å². The molecule has 0 spiro atoms. The summed E-state index contributed by atoms with van der Waals surface area (Å²) < 4.78 is 5.11. The molecule has 5 nitrogen and oxygen atoms in total. The van der Waals surface area contributed by atoms with Crippen LogP contribution < -0.4 is 15.0 Å². The van der Waals surface area contributed by atoms with Gasteiger partial charge in [-0.1, -0.05) is 12.1 Å². The molecule has 0 saturated carbocycles. The van der Waals surface area contributed by atoms with Crippen molar-refractivity contribution in [3.63, 3.8) is 0 Å². The number of carbonyl (C=O) groups excluding carboxylic acids is 2. The molecule has 0 aromatic heterocycles. The summed E-state index contributed by atoms with van der Waals surface area (Å²) in [5, 5.41) is 3.22. The zero-order valence-electron chi connectivity index (χ0n) is 14.0. The Balaban J connectivity index is 1.82. The largest absolute Gasteiger partial charge is 0.497 e. The number of imide groups is 1. The Morgan fingerprint density at radius 3 is 2.46 bits per heavy atom. The highest BCUT2D eigenvalue weighted by molar-refractivity contribution is 6.23. The van der Waals surface area contributed by atoms with Crippen LogP contribution in [0.5, 0.6) is 5.75 Å². The Bertz CT molecular complexity index is 784. The van der Waals surface area contributed by atoms with Gasteiger partial charge in [0.2, 0.25) is 5.91 Å². The van der Waals surface area contributed by atoms with Crippen molar-refractivity contribution in [2.75, 3.05) is 17.3 Å². The number of anilines is 2. The highest BCUT2D eigenvalue weighted by Crippen LogP contribution is 2.27. The van der Waals surface area contributed by atoms with Crippen molar-refractivity contribution >= 4 is 23.2 Å². The number of methoxy groups -OCH3 is 1. The van der Waals surface area contributed by atoms with Crippen molar-refractivity contribution < 1.29 is 14.3 Å². The van der Waals surface area contributed by atoms with Crippen LogP contribution in [0.1, 0.15) is 17.5 Å². The molecule has 1 heterocycles. The molecule has 1 unspecified atom stereocenters. The smallest absolute Gasteiger partial charge is 0.256 e. The molecule has 1 atom stereocenters. The molecule has 0 bridgehead atoms. The Hall–Kier alpha value is -2.82. The van der Waals surface area contributed by atoms with E-state index in [-0.39, 0.29) is 18.2 Å². The molecule has 124 valence electrons. The third-order valence-corrected chi connectivity index (χ3v) is 4.20. The predicted octanol–water partition coefficient (Wildman–Crippen LogP) is 3.06. The lowest BCUT2D eigenvalue weighted by Gasteiger charge is -2.17. The summed E-state index contributed by atoms with van der Waals surface area (Å²) >= 11 is 0. The maximum absolute atomic E-state index is 12.7. The number of nitrogens with zero attached hydrogens (tertiary/aromatic N) is 1. The Morgan fingerprint density at radius 2 is 1.79 bits per heavy atom. The average Bonchev–Trinajstić information content (AvgIpc) is 2.85. The number of aryl methyl sites for hydroxylation is 2. The lowest BCUT2D eigenvalue weighted by Crippen LogP contribution is -2.34. The molecule has 2 aromatic rings. The number of benzene rings is 2. The fourth-order valence-corrected chi connectivity index (χ4v) is 2.83. The Labute approximate surface area is 141 Å². The molecule has 1 aliphatic heterocycles. The van der Waals surface area contributed by atoms with E-state index in [2.05, 4.69) is 5.32 Å². The van der Waals surface area contributed by atoms with Crippen LogP contribution in [0.4, 0.5) is 11.4 Å². The quantitative estimate of drug-likeness (QED) is 0.878. The third-order valence-electron chi connectivity index (χ3n) is 4.20. The summed E-state index contributed by atoms with van der Waals surface area (Å²) in [5.41, 5.74) is 3.60. The third kappa shape index (κ3) is 2.97. The molecule has 3 rings (SSSR count). The van der Waals surface area contributed by atoms with Crippen molar-refractivity contribution in [3.05, 3.63) is 53.6 Å². The van der Waals surface area contributed by atoms with Gasteiger partial charge in [-0.25, -0.2) is 4.90 Å². The molecule has 0 aliphatic carbocycles. The van der Waals surface area contributed by atoms with Gasteiger partial charge in [0.1, 0.15) is 11.8 Å². The van der Waals surface area contributed by atoms with Gasteiger partial charge < -0.3 is 10.1 Å². The molecule has 1 saturated heterocycles. The lowest BCUT2D eigenvalue weighted by molar-refractivity contribution is -0.121. The molecule has 1 aliphatic rings. The van der Waals surface area contributed by atoms with Gasteiger partial charge >= 0.3 is 0 Å². The van der Waals surface area contributed by atoms with Crippen LogP contribution in [-0.2, 0) is 9.59 Å². The molecule has 5 heteroatoms. The number of hydrogen-bond acceptors (Lipinski definition) is 4. The first-order chi connectivity index (χ1) is 11.5. The molecular weight excluding hydrogens is 304 g/mol. The number of hydrogen-bond donors (Lipinski definition) is 1. The first kappa shape index (κ1) is 16.1. The highest BCUT2D eigenvalue weighted by atomic mass is 16.5. The fourth-order valence-electron chi connectivity index (χ4n) is 2.83. The fraction of sp³-hybridized carbons (Fsp3) is 0.263. The van der Waals surface area contributed by atoms with Gasteiger partial charge in [-0.2, -0.15) is 0 Å². The number of amides is 2. The van der Waals surface area contributed by atoms with Crippen molar-refractivity contribution in [2.24, 2.45) is 0 Å². The molecule has 2 amide bonds. The molecule has 0 radical (unpaired) electrons. The van der Waals surface area contributed by atoms with E-state index < -0.39 is 6.04 Å². The maximum Gasteiger partial charge on any atom is 0.256 e. The molecule has 24 heavy (non-hydrogen) atoms. The van der Waals surface area contributed by atoms with E-state index in [1.807, 2.05) is 32.0 Å². The second-order valence-electron chi connectivity index (χ2n) is 5.98. The van der Waals surface area contributed by atoms with E-state index in [1.165, 1.54) is 4.90 Å². The van der Waals surface area contributed by atoms with Crippen molar-refractivity contribution in [1.82, 2.24) is 0 Å². The number of nitrogens with one attached hydrogen (secondary N) is 1. The van der Waals surface area contributed by atoms with E-state index in [0.717, 1.165) is 16.8 Å². The summed E-state index contributed by atoms with van der Waals surface area (Å²) in [7, 11) is 1.57. The minimum atomic E-state index is -0.542. The first-order valence-corrected chi connectivity index (χ1v) is 7.84. The highest BCUT2D eigenvalue weighted by Gasteiger charge is 2.39. The van der Waals surface area contributed by atoms with Crippen molar-refractivity contribution in [2.45, 2.75) is 26.3 Å². The maximum atomic E-state index is 12.7. The summed E-state index contributed by atoms with van der Waals surface area (Å²) in [6.07, 6.45) is 0.151. The molecule has 1 N–H and O–H groups in total. The molecule has 2 aromatic carbocycles. The summed E-state index contributed by atoms with van der Waals surface area (Å²) in [4.78, 5) is 26.2. The monoisotopic (exact) mass is 324 g/mol. The SMILES string of the molecule is COc1ccc(N2C(=O)CC(Nc3cc(C)ccc3C)C2=O)cc1.